The summed E-state index contributed by atoms with van der Waals surface area (Å²) in [6, 6.07) is 19.9. The Kier molecular flexibility index (Phi) is 4.34. The maximum atomic E-state index is 3.72. The third-order valence-electron chi connectivity index (χ3n) is 4.89. The van der Waals surface area contributed by atoms with Crippen LogP contribution < -0.4 is 10.7 Å². The van der Waals surface area contributed by atoms with Gasteiger partial charge in [-0.25, -0.2) is 10.4 Å². The smallest absolute Gasteiger partial charge is 0.0624 e. The summed E-state index contributed by atoms with van der Waals surface area (Å²) in [6.07, 6.45) is 2.02. The Labute approximate surface area is 142 Å². The van der Waals surface area contributed by atoms with Crippen molar-refractivity contribution in [1.82, 2.24) is 20.7 Å². The van der Waals surface area contributed by atoms with E-state index in [-0.39, 0.29) is 6.04 Å². The molecule has 2 atom stereocenters. The molecule has 24 heavy (non-hydrogen) atoms. The van der Waals surface area contributed by atoms with Gasteiger partial charge in [0.15, 0.2) is 0 Å². The first-order valence-corrected chi connectivity index (χ1v) is 8.67. The van der Waals surface area contributed by atoms with Crippen LogP contribution >= 0.6 is 0 Å². The Morgan fingerprint density at radius 3 is 2.83 bits per heavy atom. The van der Waals surface area contributed by atoms with E-state index in [2.05, 4.69) is 82.3 Å². The van der Waals surface area contributed by atoms with Crippen molar-refractivity contribution in [1.29, 1.82) is 0 Å². The molecule has 4 heteroatoms. The van der Waals surface area contributed by atoms with Crippen molar-refractivity contribution < 1.29 is 0 Å². The summed E-state index contributed by atoms with van der Waals surface area (Å²) in [6.45, 7) is 5.18. The molecule has 0 aliphatic carbocycles. The molecule has 1 aromatic heterocycles. The van der Waals surface area contributed by atoms with Crippen molar-refractivity contribution >= 4 is 10.9 Å². The molecule has 2 heterocycles. The molecule has 1 fully saturated rings. The summed E-state index contributed by atoms with van der Waals surface area (Å²) in [7, 11) is 0. The molecule has 0 spiro atoms. The fourth-order valence-electron chi connectivity index (χ4n) is 3.60. The van der Waals surface area contributed by atoms with E-state index >= 15 is 0 Å². The van der Waals surface area contributed by atoms with Crippen molar-refractivity contribution in [2.24, 2.45) is 0 Å². The van der Waals surface area contributed by atoms with Crippen LogP contribution in [0.15, 0.2) is 60.8 Å². The maximum Gasteiger partial charge on any atom is 0.0624 e. The SMILES string of the molecule is CC(NN1CCNCC1c1cccc2[nH]ccc12)c1ccccc1. The number of benzene rings is 2. The molecule has 3 aromatic rings. The molecule has 3 N–H and O–H groups in total. The van der Waals surface area contributed by atoms with Crippen LogP contribution in [-0.2, 0) is 0 Å². The van der Waals surface area contributed by atoms with E-state index in [0.29, 0.717) is 6.04 Å². The second-order valence-corrected chi connectivity index (χ2v) is 6.46. The van der Waals surface area contributed by atoms with Gasteiger partial charge in [-0.1, -0.05) is 42.5 Å². The van der Waals surface area contributed by atoms with E-state index in [1.807, 2.05) is 6.20 Å². The number of piperazine rings is 1. The third kappa shape index (κ3) is 2.96. The van der Waals surface area contributed by atoms with E-state index in [9.17, 15) is 0 Å². The zero-order valence-corrected chi connectivity index (χ0v) is 14.0. The molecular formula is C20H24N4. The molecule has 4 rings (SSSR count). The first-order chi connectivity index (χ1) is 11.8. The molecule has 2 unspecified atom stereocenters. The van der Waals surface area contributed by atoms with Crippen LogP contribution in [0.2, 0.25) is 0 Å². The Balaban J connectivity index is 1.60. The Bertz CT molecular complexity index is 796. The number of hydrazine groups is 1. The van der Waals surface area contributed by atoms with Crippen LogP contribution in [0, 0.1) is 0 Å². The Morgan fingerprint density at radius 2 is 1.96 bits per heavy atom. The lowest BCUT2D eigenvalue weighted by molar-refractivity contribution is 0.0802. The highest BCUT2D eigenvalue weighted by molar-refractivity contribution is 5.83. The van der Waals surface area contributed by atoms with Gasteiger partial charge in [0.05, 0.1) is 6.04 Å². The second-order valence-electron chi connectivity index (χ2n) is 6.46. The third-order valence-corrected chi connectivity index (χ3v) is 4.89. The van der Waals surface area contributed by atoms with Gasteiger partial charge >= 0.3 is 0 Å². The Hall–Kier alpha value is -2.14. The number of aromatic nitrogens is 1. The minimum atomic E-state index is 0.289. The van der Waals surface area contributed by atoms with Gasteiger partial charge in [0.2, 0.25) is 0 Å². The molecule has 2 aromatic carbocycles. The molecular weight excluding hydrogens is 296 g/mol. The lowest BCUT2D eigenvalue weighted by atomic mass is 10.0. The second kappa shape index (κ2) is 6.77. The number of fused-ring (bicyclic) bond motifs is 1. The maximum absolute atomic E-state index is 3.72. The fourth-order valence-corrected chi connectivity index (χ4v) is 3.60. The largest absolute Gasteiger partial charge is 0.361 e. The summed E-state index contributed by atoms with van der Waals surface area (Å²) in [5, 5.41) is 7.25. The van der Waals surface area contributed by atoms with E-state index in [4.69, 9.17) is 0 Å². The number of aromatic amines is 1. The lowest BCUT2D eigenvalue weighted by Crippen LogP contribution is -2.52. The van der Waals surface area contributed by atoms with Crippen molar-refractivity contribution in [3.05, 3.63) is 71.9 Å². The van der Waals surface area contributed by atoms with E-state index < -0.39 is 0 Å². The summed E-state index contributed by atoms with van der Waals surface area (Å²) in [5.41, 5.74) is 7.61. The van der Waals surface area contributed by atoms with Crippen molar-refractivity contribution in [3.8, 4) is 0 Å². The lowest BCUT2D eigenvalue weighted by Gasteiger charge is -2.39. The van der Waals surface area contributed by atoms with Crippen LogP contribution in [0.1, 0.15) is 30.1 Å². The molecule has 1 aliphatic heterocycles. The van der Waals surface area contributed by atoms with Gasteiger partial charge in [0.25, 0.3) is 0 Å². The van der Waals surface area contributed by atoms with Crippen molar-refractivity contribution in [2.45, 2.75) is 19.0 Å². The predicted molar refractivity (Wildman–Crippen MR) is 98.6 cm³/mol. The minimum Gasteiger partial charge on any atom is -0.361 e. The molecule has 1 saturated heterocycles. The number of rotatable bonds is 4. The molecule has 4 nitrogen and oxygen atoms in total. The van der Waals surface area contributed by atoms with Crippen molar-refractivity contribution in [3.63, 3.8) is 0 Å². The number of nitrogens with one attached hydrogen (secondary N) is 3. The standard InChI is InChI=1S/C20H24N4/c1-15(16-6-3-2-4-7-16)23-24-13-12-21-14-20(24)18-8-5-9-19-17(18)10-11-22-19/h2-11,15,20-23H,12-14H2,1H3. The number of hydrogen-bond donors (Lipinski definition) is 3. The highest BCUT2D eigenvalue weighted by Gasteiger charge is 2.26. The van der Waals surface area contributed by atoms with Gasteiger partial charge in [0.1, 0.15) is 0 Å². The number of nitrogens with zero attached hydrogens (tertiary/aromatic N) is 1. The van der Waals surface area contributed by atoms with Gasteiger partial charge in [-0.15, -0.1) is 0 Å². The molecule has 124 valence electrons. The number of H-pyrrole nitrogens is 1. The average Bonchev–Trinajstić information content (AvgIpc) is 3.12. The quantitative estimate of drug-likeness (QED) is 0.690. The molecule has 0 amide bonds. The normalized spacial score (nSPS) is 20.3. The zero-order chi connectivity index (χ0) is 16.4. The van der Waals surface area contributed by atoms with Crippen LogP contribution in [-0.4, -0.2) is 29.6 Å². The van der Waals surface area contributed by atoms with E-state index in [0.717, 1.165) is 19.6 Å². The van der Waals surface area contributed by atoms with Gasteiger partial charge in [-0.05, 0) is 30.2 Å². The minimum absolute atomic E-state index is 0.289. The van der Waals surface area contributed by atoms with Crippen LogP contribution in [0.3, 0.4) is 0 Å². The van der Waals surface area contributed by atoms with Crippen LogP contribution in [0.5, 0.6) is 0 Å². The summed E-state index contributed by atoms with van der Waals surface area (Å²) in [5.74, 6) is 0. The molecule has 0 radical (unpaired) electrons. The first-order valence-electron chi connectivity index (χ1n) is 8.67. The molecule has 0 bridgehead atoms. The van der Waals surface area contributed by atoms with Crippen LogP contribution in [0.4, 0.5) is 0 Å². The summed E-state index contributed by atoms with van der Waals surface area (Å²) < 4.78 is 0. The topological polar surface area (TPSA) is 43.1 Å². The predicted octanol–water partition coefficient (Wildman–Crippen LogP) is 3.38. The highest BCUT2D eigenvalue weighted by atomic mass is 15.5. The monoisotopic (exact) mass is 320 g/mol. The van der Waals surface area contributed by atoms with Gasteiger partial charge in [-0.3, -0.25) is 0 Å². The van der Waals surface area contributed by atoms with Gasteiger partial charge < -0.3 is 10.3 Å². The Morgan fingerprint density at radius 1 is 1.08 bits per heavy atom. The van der Waals surface area contributed by atoms with E-state index in [1.54, 1.807) is 0 Å². The first kappa shape index (κ1) is 15.4. The van der Waals surface area contributed by atoms with Gasteiger partial charge in [0, 0.05) is 42.8 Å². The average molecular weight is 320 g/mol. The summed E-state index contributed by atoms with van der Waals surface area (Å²) in [4.78, 5) is 3.32. The summed E-state index contributed by atoms with van der Waals surface area (Å²) >= 11 is 0. The van der Waals surface area contributed by atoms with Crippen LogP contribution in [0.25, 0.3) is 10.9 Å². The fraction of sp³-hybridized carbons (Fsp3) is 0.300. The number of hydrogen-bond acceptors (Lipinski definition) is 3. The highest BCUT2D eigenvalue weighted by Crippen LogP contribution is 2.29. The van der Waals surface area contributed by atoms with Gasteiger partial charge in [-0.2, -0.15) is 0 Å². The van der Waals surface area contributed by atoms with Crippen molar-refractivity contribution in [2.75, 3.05) is 19.6 Å². The zero-order valence-electron chi connectivity index (χ0n) is 14.0. The van der Waals surface area contributed by atoms with E-state index in [1.165, 1.54) is 22.0 Å². The molecule has 1 aliphatic rings. The molecule has 0 saturated carbocycles.